The zero-order valence-corrected chi connectivity index (χ0v) is 16.4. The minimum absolute atomic E-state index is 0.106. The minimum atomic E-state index is -0.788. The molecule has 0 bridgehead atoms. The fourth-order valence-corrected chi connectivity index (χ4v) is 4.42. The van der Waals surface area contributed by atoms with Crippen molar-refractivity contribution < 1.29 is 9.90 Å². The zero-order chi connectivity index (χ0) is 19.3. The van der Waals surface area contributed by atoms with Crippen molar-refractivity contribution in [3.05, 3.63) is 72.1 Å². The molecule has 3 aromatic rings. The third-order valence-corrected chi connectivity index (χ3v) is 5.99. The van der Waals surface area contributed by atoms with Crippen molar-refractivity contribution in [1.29, 1.82) is 0 Å². The molecule has 1 unspecified atom stereocenters. The van der Waals surface area contributed by atoms with E-state index in [1.165, 1.54) is 27.3 Å². The number of carboxylic acids is 1. The molecule has 144 valence electrons. The second-order valence-electron chi connectivity index (χ2n) is 6.97. The third kappa shape index (κ3) is 4.29. The van der Waals surface area contributed by atoms with Crippen molar-refractivity contribution in [2.45, 2.75) is 43.2 Å². The average Bonchev–Trinajstić information content (AvgIpc) is 3.15. The van der Waals surface area contributed by atoms with Gasteiger partial charge in [0.05, 0.1) is 19.2 Å². The number of rotatable bonds is 7. The SMILES string of the molecule is O=C(O)CCn1ncc2c1CCCC2NSc1ccc(-c2ccccc2)cc1. The van der Waals surface area contributed by atoms with Crippen molar-refractivity contribution in [3.8, 4) is 11.1 Å². The highest BCUT2D eigenvalue weighted by Crippen LogP contribution is 2.33. The average molecular weight is 394 g/mol. The van der Waals surface area contributed by atoms with Crippen molar-refractivity contribution >= 4 is 17.9 Å². The Balaban J connectivity index is 1.40. The lowest BCUT2D eigenvalue weighted by atomic mass is 9.94. The lowest BCUT2D eigenvalue weighted by Gasteiger charge is -2.23. The van der Waals surface area contributed by atoms with Crippen LogP contribution in [0, 0.1) is 0 Å². The molecule has 0 spiro atoms. The first-order valence-electron chi connectivity index (χ1n) is 9.55. The second kappa shape index (κ2) is 8.63. The number of aryl methyl sites for hydroxylation is 1. The molecule has 0 saturated heterocycles. The summed E-state index contributed by atoms with van der Waals surface area (Å²) >= 11 is 1.64. The highest BCUT2D eigenvalue weighted by molar-refractivity contribution is 7.97. The van der Waals surface area contributed by atoms with Crippen molar-refractivity contribution in [3.63, 3.8) is 0 Å². The van der Waals surface area contributed by atoms with E-state index in [9.17, 15) is 4.79 Å². The van der Waals surface area contributed by atoms with Crippen LogP contribution in [0.25, 0.3) is 11.1 Å². The molecule has 6 heteroatoms. The number of benzene rings is 2. The molecule has 2 N–H and O–H groups in total. The normalized spacial score (nSPS) is 15.9. The highest BCUT2D eigenvalue weighted by Gasteiger charge is 2.24. The van der Waals surface area contributed by atoms with E-state index in [1.54, 1.807) is 11.9 Å². The van der Waals surface area contributed by atoms with Crippen molar-refractivity contribution in [2.75, 3.05) is 0 Å². The largest absolute Gasteiger partial charge is 0.481 e. The topological polar surface area (TPSA) is 67.1 Å². The van der Waals surface area contributed by atoms with Gasteiger partial charge in [-0.25, -0.2) is 0 Å². The molecule has 0 aliphatic heterocycles. The van der Waals surface area contributed by atoms with Crippen LogP contribution in [0.2, 0.25) is 0 Å². The maximum absolute atomic E-state index is 10.8. The monoisotopic (exact) mass is 393 g/mol. The van der Waals surface area contributed by atoms with Gasteiger partial charge in [0.25, 0.3) is 0 Å². The molecule has 1 atom stereocenters. The Morgan fingerprint density at radius 3 is 2.64 bits per heavy atom. The van der Waals surface area contributed by atoms with Gasteiger partial charge in [-0.2, -0.15) is 5.10 Å². The summed E-state index contributed by atoms with van der Waals surface area (Å²) in [5.74, 6) is -0.788. The van der Waals surface area contributed by atoms with Crippen LogP contribution in [0.4, 0.5) is 0 Å². The minimum Gasteiger partial charge on any atom is -0.481 e. The molecule has 1 aromatic heterocycles. The van der Waals surface area contributed by atoms with E-state index in [0.29, 0.717) is 6.54 Å². The molecule has 1 aliphatic rings. The molecule has 0 fully saturated rings. The van der Waals surface area contributed by atoms with Crippen LogP contribution in [0.1, 0.15) is 36.6 Å². The predicted molar refractivity (Wildman–Crippen MR) is 111 cm³/mol. The van der Waals surface area contributed by atoms with Crippen molar-refractivity contribution in [2.24, 2.45) is 0 Å². The summed E-state index contributed by atoms with van der Waals surface area (Å²) in [4.78, 5) is 12.0. The molecule has 5 nitrogen and oxygen atoms in total. The maximum Gasteiger partial charge on any atom is 0.305 e. The first kappa shape index (κ1) is 18.8. The summed E-state index contributed by atoms with van der Waals surface area (Å²) in [6.45, 7) is 0.436. The Labute approximate surface area is 168 Å². The zero-order valence-electron chi connectivity index (χ0n) is 15.5. The van der Waals surface area contributed by atoms with Gasteiger partial charge in [0, 0.05) is 22.2 Å². The molecule has 0 radical (unpaired) electrons. The van der Waals surface area contributed by atoms with Crippen LogP contribution < -0.4 is 4.72 Å². The van der Waals surface area contributed by atoms with Crippen LogP contribution in [-0.2, 0) is 17.8 Å². The lowest BCUT2D eigenvalue weighted by molar-refractivity contribution is -0.137. The molecular formula is C22H23N3O2S. The summed E-state index contributed by atoms with van der Waals surface area (Å²) in [6, 6.07) is 19.2. The number of carboxylic acid groups (broad SMARTS) is 1. The maximum atomic E-state index is 10.8. The number of aliphatic carboxylic acids is 1. The van der Waals surface area contributed by atoms with Crippen LogP contribution in [0.15, 0.2) is 65.7 Å². The van der Waals surface area contributed by atoms with E-state index in [4.69, 9.17) is 5.11 Å². The van der Waals surface area contributed by atoms with Crippen LogP contribution in [0.5, 0.6) is 0 Å². The summed E-state index contributed by atoms with van der Waals surface area (Å²) in [6.07, 6.45) is 5.11. The highest BCUT2D eigenvalue weighted by atomic mass is 32.2. The van der Waals surface area contributed by atoms with Gasteiger partial charge in [-0.15, -0.1) is 0 Å². The van der Waals surface area contributed by atoms with Gasteiger partial charge in [-0.1, -0.05) is 42.5 Å². The van der Waals surface area contributed by atoms with Gasteiger partial charge in [0.15, 0.2) is 0 Å². The first-order valence-corrected chi connectivity index (χ1v) is 10.4. The van der Waals surface area contributed by atoms with Gasteiger partial charge < -0.3 is 5.11 Å². The molecule has 4 rings (SSSR count). The van der Waals surface area contributed by atoms with Crippen LogP contribution in [0.3, 0.4) is 0 Å². The quantitative estimate of drug-likeness (QED) is 0.570. The van der Waals surface area contributed by atoms with E-state index in [1.807, 2.05) is 16.9 Å². The number of carbonyl (C=O) groups is 1. The summed E-state index contributed by atoms with van der Waals surface area (Å²) < 4.78 is 5.44. The standard InChI is InChI=1S/C22H23N3O2S/c26-22(27)13-14-25-21-8-4-7-20(19(21)15-23-25)24-28-18-11-9-17(10-12-18)16-5-2-1-3-6-16/h1-3,5-6,9-12,15,20,24H,4,7-8,13-14H2,(H,26,27). The van der Waals surface area contributed by atoms with E-state index in [0.717, 1.165) is 19.3 Å². The molecule has 0 amide bonds. The number of fused-ring (bicyclic) bond motifs is 1. The predicted octanol–water partition coefficient (Wildman–Crippen LogP) is 4.70. The number of aromatic nitrogens is 2. The molecule has 1 heterocycles. The second-order valence-corrected chi connectivity index (χ2v) is 7.88. The van der Waals surface area contributed by atoms with E-state index in [-0.39, 0.29) is 12.5 Å². The lowest BCUT2D eigenvalue weighted by Crippen LogP contribution is -2.21. The number of nitrogens with one attached hydrogen (secondary N) is 1. The van der Waals surface area contributed by atoms with E-state index in [2.05, 4.69) is 58.4 Å². The van der Waals surface area contributed by atoms with Gasteiger partial charge >= 0.3 is 5.97 Å². The smallest absolute Gasteiger partial charge is 0.305 e. The molecule has 1 aliphatic carbocycles. The van der Waals surface area contributed by atoms with E-state index >= 15 is 0 Å². The summed E-state index contributed by atoms with van der Waals surface area (Å²) in [7, 11) is 0. The summed E-state index contributed by atoms with van der Waals surface area (Å²) in [5.41, 5.74) is 4.80. The Morgan fingerprint density at radius 2 is 1.89 bits per heavy atom. The third-order valence-electron chi connectivity index (χ3n) is 5.08. The molecule has 0 saturated carbocycles. The molecule has 28 heavy (non-hydrogen) atoms. The number of hydrogen-bond acceptors (Lipinski definition) is 4. The number of nitrogens with zero attached hydrogens (tertiary/aromatic N) is 2. The Kier molecular flexibility index (Phi) is 5.78. The first-order chi connectivity index (χ1) is 13.7. The van der Waals surface area contributed by atoms with Crippen molar-refractivity contribution in [1.82, 2.24) is 14.5 Å². The van der Waals surface area contributed by atoms with Crippen LogP contribution in [-0.4, -0.2) is 20.9 Å². The van der Waals surface area contributed by atoms with Gasteiger partial charge in [0.2, 0.25) is 0 Å². The Morgan fingerprint density at radius 1 is 1.14 bits per heavy atom. The van der Waals surface area contributed by atoms with Crippen LogP contribution >= 0.6 is 11.9 Å². The van der Waals surface area contributed by atoms with E-state index < -0.39 is 5.97 Å². The Bertz CT molecular complexity index is 938. The number of hydrogen-bond donors (Lipinski definition) is 2. The fraction of sp³-hybridized carbons (Fsp3) is 0.273. The molecular weight excluding hydrogens is 370 g/mol. The fourth-order valence-electron chi connectivity index (χ4n) is 3.62. The molecule has 2 aromatic carbocycles. The van der Waals surface area contributed by atoms with Gasteiger partial charge in [-0.3, -0.25) is 14.2 Å². The van der Waals surface area contributed by atoms with Gasteiger partial charge in [0.1, 0.15) is 0 Å². The van der Waals surface area contributed by atoms with Gasteiger partial charge in [-0.05, 0) is 54.5 Å². The summed E-state index contributed by atoms with van der Waals surface area (Å²) in [5, 5.41) is 13.3. The Hall–Kier alpha value is -2.57.